The lowest BCUT2D eigenvalue weighted by atomic mass is 10.2. The van der Waals surface area contributed by atoms with Crippen molar-refractivity contribution in [3.63, 3.8) is 0 Å². The van der Waals surface area contributed by atoms with Crippen LogP contribution in [0.15, 0.2) is 30.3 Å². The van der Waals surface area contributed by atoms with Crippen LogP contribution in [0.25, 0.3) is 0 Å². The zero-order chi connectivity index (χ0) is 12.7. The van der Waals surface area contributed by atoms with Crippen molar-refractivity contribution < 1.29 is 14.3 Å². The van der Waals surface area contributed by atoms with E-state index >= 15 is 0 Å². The first-order valence-corrected chi connectivity index (χ1v) is 5.30. The standard InChI is InChI=1S/C12H16N2O3/c1-17-12(16)11(15)14(8-7-13)9-10-5-3-2-4-6-10/h2-6H,7-9,13H2,1H3. The Morgan fingerprint density at radius 2 is 1.94 bits per heavy atom. The number of hydrogen-bond acceptors (Lipinski definition) is 4. The second-order valence-electron chi connectivity index (χ2n) is 3.49. The minimum Gasteiger partial charge on any atom is -0.462 e. The Balaban J connectivity index is 2.73. The summed E-state index contributed by atoms with van der Waals surface area (Å²) in [6, 6.07) is 9.40. The first-order chi connectivity index (χ1) is 8.19. The quantitative estimate of drug-likeness (QED) is 0.596. The maximum atomic E-state index is 11.7. The first-order valence-electron chi connectivity index (χ1n) is 5.30. The summed E-state index contributed by atoms with van der Waals surface area (Å²) in [6.07, 6.45) is 0. The van der Waals surface area contributed by atoms with Crippen molar-refractivity contribution in [1.29, 1.82) is 0 Å². The van der Waals surface area contributed by atoms with Gasteiger partial charge < -0.3 is 15.4 Å². The summed E-state index contributed by atoms with van der Waals surface area (Å²) in [5.74, 6) is -1.53. The monoisotopic (exact) mass is 236 g/mol. The Bertz CT molecular complexity index is 379. The van der Waals surface area contributed by atoms with Crippen LogP contribution in [-0.2, 0) is 20.9 Å². The summed E-state index contributed by atoms with van der Waals surface area (Å²) in [4.78, 5) is 24.2. The third-order valence-electron chi connectivity index (χ3n) is 2.26. The molecular weight excluding hydrogens is 220 g/mol. The second-order valence-corrected chi connectivity index (χ2v) is 3.49. The molecule has 1 aromatic rings. The maximum Gasteiger partial charge on any atom is 0.396 e. The summed E-state index contributed by atoms with van der Waals surface area (Å²) in [5, 5.41) is 0. The SMILES string of the molecule is COC(=O)C(=O)N(CCN)Cc1ccccc1. The normalized spacial score (nSPS) is 9.76. The van der Waals surface area contributed by atoms with E-state index in [0.717, 1.165) is 5.56 Å². The summed E-state index contributed by atoms with van der Waals surface area (Å²) < 4.78 is 4.41. The third-order valence-corrected chi connectivity index (χ3v) is 2.26. The van der Waals surface area contributed by atoms with Gasteiger partial charge >= 0.3 is 11.9 Å². The van der Waals surface area contributed by atoms with Gasteiger partial charge in [-0.15, -0.1) is 0 Å². The van der Waals surface area contributed by atoms with Crippen LogP contribution in [0.2, 0.25) is 0 Å². The zero-order valence-corrected chi connectivity index (χ0v) is 9.76. The molecule has 0 spiro atoms. The van der Waals surface area contributed by atoms with Gasteiger partial charge in [-0.05, 0) is 5.56 Å². The molecule has 0 unspecified atom stereocenters. The molecule has 2 N–H and O–H groups in total. The molecule has 5 heteroatoms. The minimum absolute atomic E-state index is 0.301. The number of amides is 1. The van der Waals surface area contributed by atoms with E-state index < -0.39 is 11.9 Å². The molecule has 1 rings (SSSR count). The van der Waals surface area contributed by atoms with E-state index in [4.69, 9.17) is 5.73 Å². The van der Waals surface area contributed by atoms with E-state index in [1.807, 2.05) is 30.3 Å². The molecule has 0 heterocycles. The van der Waals surface area contributed by atoms with Crippen LogP contribution in [0, 0.1) is 0 Å². The van der Waals surface area contributed by atoms with Crippen LogP contribution in [0.3, 0.4) is 0 Å². The fraction of sp³-hybridized carbons (Fsp3) is 0.333. The zero-order valence-electron chi connectivity index (χ0n) is 9.76. The van der Waals surface area contributed by atoms with E-state index in [-0.39, 0.29) is 0 Å². The Morgan fingerprint density at radius 1 is 1.29 bits per heavy atom. The van der Waals surface area contributed by atoms with Crippen molar-refractivity contribution in [3.05, 3.63) is 35.9 Å². The molecule has 92 valence electrons. The van der Waals surface area contributed by atoms with E-state index in [1.54, 1.807) is 0 Å². The van der Waals surface area contributed by atoms with Crippen LogP contribution >= 0.6 is 0 Å². The molecule has 0 fully saturated rings. The van der Waals surface area contributed by atoms with Gasteiger partial charge in [-0.25, -0.2) is 4.79 Å². The molecule has 0 aliphatic heterocycles. The number of ether oxygens (including phenoxy) is 1. The predicted octanol–water partition coefficient (Wildman–Crippen LogP) is 0.147. The summed E-state index contributed by atoms with van der Waals surface area (Å²) in [5.41, 5.74) is 6.36. The molecule has 5 nitrogen and oxygen atoms in total. The van der Waals surface area contributed by atoms with Crippen LogP contribution in [0.1, 0.15) is 5.56 Å². The Hall–Kier alpha value is -1.88. The van der Waals surface area contributed by atoms with Gasteiger partial charge in [0, 0.05) is 19.6 Å². The van der Waals surface area contributed by atoms with Crippen LogP contribution < -0.4 is 5.73 Å². The number of carbonyl (C=O) groups is 2. The largest absolute Gasteiger partial charge is 0.462 e. The molecule has 1 aromatic carbocycles. The predicted molar refractivity (Wildman–Crippen MR) is 62.9 cm³/mol. The van der Waals surface area contributed by atoms with Gasteiger partial charge in [-0.3, -0.25) is 4.79 Å². The highest BCUT2D eigenvalue weighted by Gasteiger charge is 2.21. The van der Waals surface area contributed by atoms with E-state index in [9.17, 15) is 9.59 Å². The Labute approximate surface area is 100 Å². The lowest BCUT2D eigenvalue weighted by molar-refractivity contribution is -0.158. The van der Waals surface area contributed by atoms with Crippen LogP contribution in [0.4, 0.5) is 0 Å². The number of nitrogens with zero attached hydrogens (tertiary/aromatic N) is 1. The smallest absolute Gasteiger partial charge is 0.396 e. The lowest BCUT2D eigenvalue weighted by Crippen LogP contribution is -2.39. The van der Waals surface area contributed by atoms with Crippen molar-refractivity contribution in [3.8, 4) is 0 Å². The number of esters is 1. The Morgan fingerprint density at radius 3 is 2.47 bits per heavy atom. The van der Waals surface area contributed by atoms with Gasteiger partial charge in [0.05, 0.1) is 7.11 Å². The molecule has 0 aliphatic carbocycles. The average molecular weight is 236 g/mol. The molecule has 1 amide bonds. The van der Waals surface area contributed by atoms with Crippen molar-refractivity contribution >= 4 is 11.9 Å². The highest BCUT2D eigenvalue weighted by Crippen LogP contribution is 2.04. The van der Waals surface area contributed by atoms with Crippen LogP contribution in [0.5, 0.6) is 0 Å². The molecule has 0 bridgehead atoms. The van der Waals surface area contributed by atoms with E-state index in [1.165, 1.54) is 12.0 Å². The van der Waals surface area contributed by atoms with Gasteiger partial charge in [0.1, 0.15) is 0 Å². The highest BCUT2D eigenvalue weighted by molar-refractivity contribution is 6.32. The summed E-state index contributed by atoms with van der Waals surface area (Å²) in [6.45, 7) is 0.977. The number of hydrogen-bond donors (Lipinski definition) is 1. The molecule has 0 aromatic heterocycles. The third kappa shape index (κ3) is 3.88. The highest BCUT2D eigenvalue weighted by atomic mass is 16.5. The van der Waals surface area contributed by atoms with Crippen molar-refractivity contribution in [2.75, 3.05) is 20.2 Å². The number of carbonyl (C=O) groups excluding carboxylic acids is 2. The molecule has 0 aliphatic rings. The summed E-state index contributed by atoms with van der Waals surface area (Å²) >= 11 is 0. The van der Waals surface area contributed by atoms with Gasteiger partial charge in [0.2, 0.25) is 0 Å². The molecule has 0 saturated heterocycles. The second kappa shape index (κ2) is 6.65. The summed E-state index contributed by atoms with van der Waals surface area (Å²) in [7, 11) is 1.18. The minimum atomic E-state index is -0.866. The van der Waals surface area contributed by atoms with Crippen molar-refractivity contribution in [2.24, 2.45) is 5.73 Å². The Kier molecular flexibility index (Phi) is 5.16. The molecule has 0 radical (unpaired) electrons. The van der Waals surface area contributed by atoms with E-state index in [2.05, 4.69) is 4.74 Å². The topological polar surface area (TPSA) is 72.6 Å². The van der Waals surface area contributed by atoms with Gasteiger partial charge in [-0.1, -0.05) is 30.3 Å². The number of nitrogens with two attached hydrogens (primary N) is 1. The van der Waals surface area contributed by atoms with Gasteiger partial charge in [-0.2, -0.15) is 0 Å². The molecule has 0 saturated carbocycles. The number of rotatable bonds is 4. The number of methoxy groups -OCH3 is 1. The van der Waals surface area contributed by atoms with E-state index in [0.29, 0.717) is 19.6 Å². The van der Waals surface area contributed by atoms with Gasteiger partial charge in [0.15, 0.2) is 0 Å². The van der Waals surface area contributed by atoms with Crippen molar-refractivity contribution in [1.82, 2.24) is 4.90 Å². The maximum absolute atomic E-state index is 11.7. The molecule has 0 atom stereocenters. The molecular formula is C12H16N2O3. The fourth-order valence-electron chi connectivity index (χ4n) is 1.43. The van der Waals surface area contributed by atoms with Crippen LogP contribution in [-0.4, -0.2) is 37.0 Å². The molecule has 17 heavy (non-hydrogen) atoms. The fourth-order valence-corrected chi connectivity index (χ4v) is 1.43. The lowest BCUT2D eigenvalue weighted by Gasteiger charge is -2.20. The average Bonchev–Trinajstić information content (AvgIpc) is 2.37. The van der Waals surface area contributed by atoms with Crippen molar-refractivity contribution in [2.45, 2.75) is 6.54 Å². The number of benzene rings is 1. The van der Waals surface area contributed by atoms with Gasteiger partial charge in [0.25, 0.3) is 0 Å². The first kappa shape index (κ1) is 13.2.